The highest BCUT2D eigenvalue weighted by Gasteiger charge is 2.07. The van der Waals surface area contributed by atoms with Gasteiger partial charge in [-0.1, -0.05) is 6.92 Å². The Bertz CT molecular complexity index is 268. The lowest BCUT2D eigenvalue weighted by Crippen LogP contribution is -2.04. The van der Waals surface area contributed by atoms with Crippen molar-refractivity contribution < 1.29 is 9.53 Å². The number of nitrogens with zero attached hydrogens (tertiary/aromatic N) is 2. The molecule has 1 heterocycles. The molecule has 0 saturated heterocycles. The number of aryl methyl sites for hydroxylation is 1. The first-order valence-corrected chi connectivity index (χ1v) is 3.89. The first-order valence-electron chi connectivity index (χ1n) is 3.89. The molecule has 0 bridgehead atoms. The molecule has 0 amide bonds. The van der Waals surface area contributed by atoms with Crippen molar-refractivity contribution in [1.82, 2.24) is 9.78 Å². The summed E-state index contributed by atoms with van der Waals surface area (Å²) in [4.78, 5) is 11.1. The monoisotopic (exact) mass is 168 g/mol. The van der Waals surface area contributed by atoms with Crippen LogP contribution in [0.25, 0.3) is 0 Å². The van der Waals surface area contributed by atoms with Crippen LogP contribution in [0.15, 0.2) is 12.4 Å². The molecule has 0 aliphatic rings. The van der Waals surface area contributed by atoms with Gasteiger partial charge in [-0.25, -0.2) is 4.79 Å². The average molecular weight is 168 g/mol. The van der Waals surface area contributed by atoms with Crippen molar-refractivity contribution in [2.75, 3.05) is 6.61 Å². The molecule has 1 aromatic rings. The highest BCUT2D eigenvalue weighted by atomic mass is 16.5. The molecule has 0 aliphatic heterocycles. The minimum atomic E-state index is -0.301. The number of rotatable bonds is 3. The lowest BCUT2D eigenvalue weighted by Gasteiger charge is -1.98. The minimum absolute atomic E-state index is 0.301. The predicted octanol–water partition coefficient (Wildman–Crippen LogP) is 0.987. The summed E-state index contributed by atoms with van der Waals surface area (Å²) in [5.74, 6) is -0.301. The summed E-state index contributed by atoms with van der Waals surface area (Å²) in [5.41, 5.74) is 0.506. The summed E-state index contributed by atoms with van der Waals surface area (Å²) in [5, 5.41) is 3.86. The van der Waals surface area contributed by atoms with E-state index in [9.17, 15) is 4.79 Å². The van der Waals surface area contributed by atoms with Gasteiger partial charge in [-0.3, -0.25) is 4.68 Å². The first-order chi connectivity index (χ1) is 5.74. The lowest BCUT2D eigenvalue weighted by atomic mass is 10.4. The SMILES string of the molecule is CCCOC(=O)c1cnn(C)c1. The summed E-state index contributed by atoms with van der Waals surface area (Å²) in [6.45, 7) is 2.42. The molecule has 0 unspecified atom stereocenters. The second-order valence-electron chi connectivity index (χ2n) is 2.54. The topological polar surface area (TPSA) is 44.1 Å². The van der Waals surface area contributed by atoms with Crippen LogP contribution in [0.4, 0.5) is 0 Å². The van der Waals surface area contributed by atoms with Crippen LogP contribution in [0, 0.1) is 0 Å². The summed E-state index contributed by atoms with van der Waals surface area (Å²) in [7, 11) is 1.76. The zero-order chi connectivity index (χ0) is 8.97. The van der Waals surface area contributed by atoms with Gasteiger partial charge in [0.2, 0.25) is 0 Å². The van der Waals surface area contributed by atoms with Crippen LogP contribution in [0.1, 0.15) is 23.7 Å². The number of esters is 1. The van der Waals surface area contributed by atoms with Crippen LogP contribution in [-0.2, 0) is 11.8 Å². The maximum atomic E-state index is 11.1. The predicted molar refractivity (Wildman–Crippen MR) is 43.8 cm³/mol. The zero-order valence-electron chi connectivity index (χ0n) is 7.28. The van der Waals surface area contributed by atoms with E-state index in [2.05, 4.69) is 5.10 Å². The van der Waals surface area contributed by atoms with Crippen molar-refractivity contribution >= 4 is 5.97 Å². The van der Waals surface area contributed by atoms with Crippen LogP contribution in [-0.4, -0.2) is 22.4 Å². The van der Waals surface area contributed by atoms with Gasteiger partial charge in [0.1, 0.15) is 0 Å². The number of aromatic nitrogens is 2. The second kappa shape index (κ2) is 3.90. The summed E-state index contributed by atoms with van der Waals surface area (Å²) in [6.07, 6.45) is 3.97. The van der Waals surface area contributed by atoms with Gasteiger partial charge in [0, 0.05) is 13.2 Å². The molecule has 12 heavy (non-hydrogen) atoms. The lowest BCUT2D eigenvalue weighted by molar-refractivity contribution is 0.0505. The van der Waals surface area contributed by atoms with E-state index in [0.29, 0.717) is 12.2 Å². The average Bonchev–Trinajstić information content (AvgIpc) is 2.47. The van der Waals surface area contributed by atoms with Crippen molar-refractivity contribution in [2.45, 2.75) is 13.3 Å². The number of carbonyl (C=O) groups is 1. The van der Waals surface area contributed by atoms with E-state index in [-0.39, 0.29) is 5.97 Å². The van der Waals surface area contributed by atoms with Crippen LogP contribution >= 0.6 is 0 Å². The number of ether oxygens (including phenoxy) is 1. The van der Waals surface area contributed by atoms with Crippen LogP contribution in [0.2, 0.25) is 0 Å². The van der Waals surface area contributed by atoms with Crippen LogP contribution in [0.5, 0.6) is 0 Å². The van der Waals surface area contributed by atoms with E-state index in [4.69, 9.17) is 4.74 Å². The molecule has 0 spiro atoms. The van der Waals surface area contributed by atoms with Crippen molar-refractivity contribution in [3.63, 3.8) is 0 Å². The minimum Gasteiger partial charge on any atom is -0.462 e. The second-order valence-corrected chi connectivity index (χ2v) is 2.54. The van der Waals surface area contributed by atoms with Crippen LogP contribution in [0.3, 0.4) is 0 Å². The fourth-order valence-corrected chi connectivity index (χ4v) is 0.805. The summed E-state index contributed by atoms with van der Waals surface area (Å²) >= 11 is 0. The highest BCUT2D eigenvalue weighted by molar-refractivity contribution is 5.88. The molecule has 1 aromatic heterocycles. The van der Waals surface area contributed by atoms with Crippen molar-refractivity contribution in [3.05, 3.63) is 18.0 Å². The van der Waals surface area contributed by atoms with Crippen LogP contribution < -0.4 is 0 Å². The first kappa shape index (κ1) is 8.77. The quantitative estimate of drug-likeness (QED) is 0.632. The molecule has 0 radical (unpaired) electrons. The maximum Gasteiger partial charge on any atom is 0.341 e. The number of hydrogen-bond acceptors (Lipinski definition) is 3. The molecule has 4 heteroatoms. The fourth-order valence-electron chi connectivity index (χ4n) is 0.805. The van der Waals surface area contributed by atoms with E-state index in [1.54, 1.807) is 17.9 Å². The Morgan fingerprint density at radius 2 is 2.50 bits per heavy atom. The number of hydrogen-bond donors (Lipinski definition) is 0. The van der Waals surface area contributed by atoms with Crippen molar-refractivity contribution in [3.8, 4) is 0 Å². The maximum absolute atomic E-state index is 11.1. The summed E-state index contributed by atoms with van der Waals surface area (Å²) in [6, 6.07) is 0. The number of carbonyl (C=O) groups excluding carboxylic acids is 1. The Balaban J connectivity index is 2.53. The van der Waals surface area contributed by atoms with Gasteiger partial charge in [-0.15, -0.1) is 0 Å². The van der Waals surface area contributed by atoms with Gasteiger partial charge in [0.25, 0.3) is 0 Å². The van der Waals surface area contributed by atoms with Gasteiger partial charge in [0.05, 0.1) is 18.4 Å². The Labute approximate surface area is 71.1 Å². The fraction of sp³-hybridized carbons (Fsp3) is 0.500. The molecule has 66 valence electrons. The Hall–Kier alpha value is -1.32. The molecule has 0 fully saturated rings. The Kier molecular flexibility index (Phi) is 2.85. The van der Waals surface area contributed by atoms with Gasteiger partial charge in [-0.2, -0.15) is 5.10 Å². The van der Waals surface area contributed by atoms with Gasteiger partial charge < -0.3 is 4.74 Å². The Morgan fingerprint density at radius 3 is 3.00 bits per heavy atom. The van der Waals surface area contributed by atoms with Gasteiger partial charge >= 0.3 is 5.97 Å². The Morgan fingerprint density at radius 1 is 1.75 bits per heavy atom. The molecule has 0 atom stereocenters. The molecule has 4 nitrogen and oxygen atoms in total. The van der Waals surface area contributed by atoms with E-state index >= 15 is 0 Å². The smallest absolute Gasteiger partial charge is 0.341 e. The molecule has 0 aliphatic carbocycles. The molecule has 0 aromatic carbocycles. The van der Waals surface area contributed by atoms with E-state index in [1.807, 2.05) is 6.92 Å². The molecular weight excluding hydrogens is 156 g/mol. The van der Waals surface area contributed by atoms with Crippen molar-refractivity contribution in [1.29, 1.82) is 0 Å². The van der Waals surface area contributed by atoms with Gasteiger partial charge in [-0.05, 0) is 6.42 Å². The normalized spacial score (nSPS) is 9.83. The van der Waals surface area contributed by atoms with E-state index < -0.39 is 0 Å². The largest absolute Gasteiger partial charge is 0.462 e. The van der Waals surface area contributed by atoms with E-state index in [0.717, 1.165) is 6.42 Å². The molecular formula is C8H12N2O2. The zero-order valence-corrected chi connectivity index (χ0v) is 7.28. The van der Waals surface area contributed by atoms with E-state index in [1.165, 1.54) is 6.20 Å². The molecule has 0 N–H and O–H groups in total. The third kappa shape index (κ3) is 2.08. The molecule has 1 rings (SSSR count). The molecule has 0 saturated carbocycles. The standard InChI is InChI=1S/C8H12N2O2/c1-3-4-12-8(11)7-5-9-10(2)6-7/h5-6H,3-4H2,1-2H3. The highest BCUT2D eigenvalue weighted by Crippen LogP contribution is 1.99. The summed E-state index contributed by atoms with van der Waals surface area (Å²) < 4.78 is 6.47. The third-order valence-electron chi connectivity index (χ3n) is 1.38. The van der Waals surface area contributed by atoms with Crippen molar-refractivity contribution in [2.24, 2.45) is 7.05 Å². The van der Waals surface area contributed by atoms with Gasteiger partial charge in [0.15, 0.2) is 0 Å². The third-order valence-corrected chi connectivity index (χ3v) is 1.38.